The van der Waals surface area contributed by atoms with Gasteiger partial charge in [-0.1, -0.05) is 34.8 Å². The monoisotopic (exact) mass is 337 g/mol. The molecule has 0 radical (unpaired) electrons. The van der Waals surface area contributed by atoms with Gasteiger partial charge in [0.15, 0.2) is 0 Å². The number of hydrogen-bond acceptors (Lipinski definition) is 2. The van der Waals surface area contributed by atoms with Crippen LogP contribution in [-0.4, -0.2) is 18.3 Å². The van der Waals surface area contributed by atoms with Crippen molar-refractivity contribution in [3.05, 3.63) is 33.8 Å². The Morgan fingerprint density at radius 3 is 2.75 bits per heavy atom. The summed E-state index contributed by atoms with van der Waals surface area (Å²) in [5.74, 6) is 1.18. The molecule has 0 amide bonds. The summed E-state index contributed by atoms with van der Waals surface area (Å²) in [4.78, 5) is 0. The lowest BCUT2D eigenvalue weighted by Crippen LogP contribution is -2.33. The van der Waals surface area contributed by atoms with E-state index in [1.54, 1.807) is 0 Å². The molecule has 3 atom stereocenters. The Balaban J connectivity index is 1.60. The van der Waals surface area contributed by atoms with Crippen LogP contribution in [0.3, 0.4) is 0 Å². The number of nitrogens with one attached hydrogen (secondary N) is 1. The van der Waals surface area contributed by atoms with Crippen LogP contribution in [-0.2, 0) is 6.42 Å². The number of aliphatic hydroxyl groups excluding tert-OH is 1. The maximum atomic E-state index is 9.51. The number of aryl methyl sites for hydroxylation is 1. The molecule has 1 saturated carbocycles. The number of hydrogen-bond donors (Lipinski definition) is 2. The minimum atomic E-state index is 0.362. The molecule has 0 bridgehead atoms. The highest BCUT2D eigenvalue weighted by atomic mass is 79.9. The first-order valence-corrected chi connectivity index (χ1v) is 8.70. The molecule has 20 heavy (non-hydrogen) atoms. The average molecular weight is 338 g/mol. The molecule has 2 nitrogen and oxygen atoms in total. The first kappa shape index (κ1) is 14.6. The molecule has 2 aliphatic rings. The Hall–Kier alpha value is -0.380. The van der Waals surface area contributed by atoms with Crippen LogP contribution in [0.2, 0.25) is 0 Å². The number of rotatable bonds is 4. The summed E-state index contributed by atoms with van der Waals surface area (Å²) < 4.78 is 1.18. The van der Waals surface area contributed by atoms with Gasteiger partial charge in [0.05, 0.1) is 0 Å². The maximum absolute atomic E-state index is 9.51. The molecular formula is C17H24BrNO. The first-order valence-electron chi connectivity index (χ1n) is 7.90. The van der Waals surface area contributed by atoms with Gasteiger partial charge in [-0.2, -0.15) is 0 Å². The van der Waals surface area contributed by atoms with E-state index < -0.39 is 0 Å². The van der Waals surface area contributed by atoms with Crippen molar-refractivity contribution in [1.29, 1.82) is 0 Å². The Morgan fingerprint density at radius 2 is 1.95 bits per heavy atom. The summed E-state index contributed by atoms with van der Waals surface area (Å²) in [6, 6.07) is 7.18. The summed E-state index contributed by atoms with van der Waals surface area (Å²) in [5, 5.41) is 13.3. The SMILES string of the molecule is OCC1CCCCC1CNC1CCc2cc(Br)ccc21. The van der Waals surface area contributed by atoms with Crippen molar-refractivity contribution in [3.63, 3.8) is 0 Å². The highest BCUT2D eigenvalue weighted by Gasteiger charge is 2.27. The van der Waals surface area contributed by atoms with Gasteiger partial charge in [-0.25, -0.2) is 0 Å². The molecule has 1 fully saturated rings. The fourth-order valence-electron chi connectivity index (χ4n) is 3.89. The Bertz CT molecular complexity index is 462. The van der Waals surface area contributed by atoms with Gasteiger partial charge in [0, 0.05) is 17.1 Å². The van der Waals surface area contributed by atoms with E-state index in [2.05, 4.69) is 39.4 Å². The molecule has 0 heterocycles. The third kappa shape index (κ3) is 3.10. The maximum Gasteiger partial charge on any atom is 0.0462 e. The van der Waals surface area contributed by atoms with Gasteiger partial charge in [0.1, 0.15) is 0 Å². The molecule has 0 saturated heterocycles. The number of benzene rings is 1. The molecule has 110 valence electrons. The van der Waals surface area contributed by atoms with Crippen LogP contribution in [0.4, 0.5) is 0 Å². The van der Waals surface area contributed by atoms with Crippen LogP contribution in [0, 0.1) is 11.8 Å². The van der Waals surface area contributed by atoms with E-state index >= 15 is 0 Å². The second kappa shape index (κ2) is 6.59. The minimum absolute atomic E-state index is 0.362. The van der Waals surface area contributed by atoms with E-state index in [1.165, 1.54) is 54.1 Å². The Morgan fingerprint density at radius 1 is 1.15 bits per heavy atom. The summed E-state index contributed by atoms with van der Waals surface area (Å²) >= 11 is 3.56. The highest BCUT2D eigenvalue weighted by Crippen LogP contribution is 2.34. The topological polar surface area (TPSA) is 32.3 Å². The van der Waals surface area contributed by atoms with Gasteiger partial charge in [-0.05, 0) is 67.3 Å². The number of halogens is 1. The molecule has 3 rings (SSSR count). The Labute approximate surface area is 130 Å². The van der Waals surface area contributed by atoms with Crippen molar-refractivity contribution in [3.8, 4) is 0 Å². The average Bonchev–Trinajstić information content (AvgIpc) is 2.87. The molecule has 2 aliphatic carbocycles. The van der Waals surface area contributed by atoms with Crippen molar-refractivity contribution >= 4 is 15.9 Å². The third-order valence-electron chi connectivity index (χ3n) is 5.11. The van der Waals surface area contributed by atoms with E-state index in [4.69, 9.17) is 0 Å². The van der Waals surface area contributed by atoms with Gasteiger partial charge in [0.2, 0.25) is 0 Å². The van der Waals surface area contributed by atoms with Crippen molar-refractivity contribution in [2.24, 2.45) is 11.8 Å². The van der Waals surface area contributed by atoms with Crippen LogP contribution >= 0.6 is 15.9 Å². The van der Waals surface area contributed by atoms with Crippen LogP contribution < -0.4 is 5.32 Å². The minimum Gasteiger partial charge on any atom is -0.396 e. The molecule has 0 spiro atoms. The van der Waals surface area contributed by atoms with E-state index in [0.29, 0.717) is 24.5 Å². The van der Waals surface area contributed by atoms with Crippen LogP contribution in [0.15, 0.2) is 22.7 Å². The fourth-order valence-corrected chi connectivity index (χ4v) is 4.29. The second-order valence-corrected chi connectivity index (χ2v) is 7.25. The largest absolute Gasteiger partial charge is 0.396 e. The number of aliphatic hydroxyl groups is 1. The zero-order valence-corrected chi connectivity index (χ0v) is 13.5. The normalized spacial score (nSPS) is 29.4. The summed E-state index contributed by atoms with van der Waals surface area (Å²) in [6.45, 7) is 1.42. The molecule has 0 aromatic heterocycles. The molecular weight excluding hydrogens is 314 g/mol. The third-order valence-corrected chi connectivity index (χ3v) is 5.60. The first-order chi connectivity index (χ1) is 9.78. The van der Waals surface area contributed by atoms with Gasteiger partial charge in [0.25, 0.3) is 0 Å². The highest BCUT2D eigenvalue weighted by molar-refractivity contribution is 9.10. The summed E-state index contributed by atoms with van der Waals surface area (Å²) in [5.41, 5.74) is 2.96. The van der Waals surface area contributed by atoms with Gasteiger partial charge >= 0.3 is 0 Å². The van der Waals surface area contributed by atoms with Crippen molar-refractivity contribution in [1.82, 2.24) is 5.32 Å². The number of fused-ring (bicyclic) bond motifs is 1. The van der Waals surface area contributed by atoms with Crippen LogP contribution in [0.5, 0.6) is 0 Å². The molecule has 0 aliphatic heterocycles. The van der Waals surface area contributed by atoms with Gasteiger partial charge in [-0.3, -0.25) is 0 Å². The zero-order chi connectivity index (χ0) is 13.9. The van der Waals surface area contributed by atoms with Crippen LogP contribution in [0.1, 0.15) is 49.3 Å². The molecule has 2 N–H and O–H groups in total. The van der Waals surface area contributed by atoms with E-state index in [1.807, 2.05) is 0 Å². The standard InChI is InChI=1S/C17H24BrNO/c18-15-6-7-16-12(9-15)5-8-17(16)19-10-13-3-1-2-4-14(13)11-20/h6-7,9,13-14,17,19-20H,1-5,8,10-11H2. The van der Waals surface area contributed by atoms with Gasteiger partial charge in [-0.15, -0.1) is 0 Å². The molecule has 3 heteroatoms. The van der Waals surface area contributed by atoms with Crippen molar-refractivity contribution in [2.45, 2.75) is 44.6 Å². The summed E-state index contributed by atoms with van der Waals surface area (Å²) in [7, 11) is 0. The lowest BCUT2D eigenvalue weighted by atomic mass is 9.79. The smallest absolute Gasteiger partial charge is 0.0462 e. The Kier molecular flexibility index (Phi) is 4.79. The predicted molar refractivity (Wildman–Crippen MR) is 85.7 cm³/mol. The van der Waals surface area contributed by atoms with Gasteiger partial charge < -0.3 is 10.4 Å². The van der Waals surface area contributed by atoms with E-state index in [0.717, 1.165) is 6.54 Å². The summed E-state index contributed by atoms with van der Waals surface area (Å²) in [6.07, 6.45) is 7.50. The predicted octanol–water partition coefficient (Wildman–Crippen LogP) is 3.82. The molecule has 1 aromatic rings. The molecule has 3 unspecified atom stereocenters. The molecule has 1 aromatic carbocycles. The van der Waals surface area contributed by atoms with Crippen molar-refractivity contribution in [2.75, 3.05) is 13.2 Å². The zero-order valence-electron chi connectivity index (χ0n) is 11.9. The van der Waals surface area contributed by atoms with E-state index in [9.17, 15) is 5.11 Å². The van der Waals surface area contributed by atoms with Crippen LogP contribution in [0.25, 0.3) is 0 Å². The lowest BCUT2D eigenvalue weighted by molar-refractivity contribution is 0.131. The van der Waals surface area contributed by atoms with E-state index in [-0.39, 0.29) is 0 Å². The van der Waals surface area contributed by atoms with Crippen molar-refractivity contribution < 1.29 is 5.11 Å². The second-order valence-electron chi connectivity index (χ2n) is 6.33. The quantitative estimate of drug-likeness (QED) is 0.875. The lowest BCUT2D eigenvalue weighted by Gasteiger charge is -2.31. The fraction of sp³-hybridized carbons (Fsp3) is 0.647.